The predicted octanol–water partition coefficient (Wildman–Crippen LogP) is -1.36. The Kier molecular flexibility index (Phi) is 1510. The Morgan fingerprint density at radius 1 is 0.600 bits per heavy atom. The second-order valence-electron chi connectivity index (χ2n) is 0. The summed E-state index contributed by atoms with van der Waals surface area (Å²) in [6.45, 7) is 0. The van der Waals surface area contributed by atoms with Crippen molar-refractivity contribution in [2.45, 2.75) is 0 Å². The molecule has 0 aromatic carbocycles. The van der Waals surface area contributed by atoms with Gasteiger partial charge >= 0.3 is 40.8 Å². The Labute approximate surface area is 62.3 Å². The Balaban J connectivity index is 0. The van der Waals surface area contributed by atoms with Crippen LogP contribution in [0.5, 0.6) is 0 Å². The van der Waals surface area contributed by atoms with E-state index in [-0.39, 0.29) is 62.7 Å². The molecule has 33 valence electrons. The monoisotopic (exact) mass is 211 g/mol. The molecule has 5 heteroatoms. The second kappa shape index (κ2) is 64.3. The number of rotatable bonds is 0. The minimum absolute atomic E-state index is 0. The van der Waals surface area contributed by atoms with Crippen LogP contribution in [0.25, 0.3) is 0 Å². The van der Waals surface area contributed by atoms with Crippen molar-refractivity contribution >= 4 is 0 Å². The van der Waals surface area contributed by atoms with Crippen LogP contribution in [0.1, 0.15) is 0 Å². The fraction of sp³-hybridized carbons (Fsp3) is 0. The molecule has 0 rings (SSSR count). The summed E-state index contributed by atoms with van der Waals surface area (Å²) in [6, 6.07) is 0. The van der Waals surface area contributed by atoms with E-state index in [1.807, 2.05) is 0 Å². The molecular formula is H5NdO4. The normalized spacial score (nSPS) is 0. The molecule has 0 aliphatic rings. The van der Waals surface area contributed by atoms with Gasteiger partial charge in [0.05, 0.1) is 0 Å². The van der Waals surface area contributed by atoms with Gasteiger partial charge < -0.3 is 21.9 Å². The van der Waals surface area contributed by atoms with Gasteiger partial charge in [0, 0.05) is 0 Å². The van der Waals surface area contributed by atoms with Gasteiger partial charge in [0.15, 0.2) is 0 Å². The molecule has 5 heavy (non-hydrogen) atoms. The van der Waals surface area contributed by atoms with E-state index in [0.29, 0.717) is 0 Å². The molecule has 0 atom stereocenters. The van der Waals surface area contributed by atoms with E-state index in [2.05, 4.69) is 0 Å². The Hall–Kier alpha value is 1.19. The van der Waals surface area contributed by atoms with Gasteiger partial charge in [-0.3, -0.25) is 0 Å². The van der Waals surface area contributed by atoms with E-state index in [0.717, 1.165) is 0 Å². The molecule has 0 bridgehead atoms. The zero-order valence-electron chi connectivity index (χ0n) is 2.34. The summed E-state index contributed by atoms with van der Waals surface area (Å²) in [7, 11) is 0. The third-order valence-corrected chi connectivity index (χ3v) is 0. The molecule has 0 unspecified atom stereocenters. The van der Waals surface area contributed by atoms with E-state index in [4.69, 9.17) is 0 Å². The Bertz CT molecular complexity index is 3.61. The summed E-state index contributed by atoms with van der Waals surface area (Å²) in [5, 5.41) is 0. The van der Waals surface area contributed by atoms with Crippen LogP contribution in [0.2, 0.25) is 0 Å². The largest absolute Gasteiger partial charge is 3.00 e. The Morgan fingerprint density at radius 3 is 0.600 bits per heavy atom. The van der Waals surface area contributed by atoms with Gasteiger partial charge in [0.2, 0.25) is 0 Å². The quantitative estimate of drug-likeness (QED) is 0.494. The first kappa shape index (κ1) is 118. The van der Waals surface area contributed by atoms with Gasteiger partial charge in [-0.1, -0.05) is 0 Å². The topological polar surface area (TPSA) is 122 Å². The van der Waals surface area contributed by atoms with Crippen molar-refractivity contribution in [2.24, 2.45) is 0 Å². The van der Waals surface area contributed by atoms with Gasteiger partial charge in [0.25, 0.3) is 0 Å². The molecule has 0 fully saturated rings. The fourth-order valence-corrected chi connectivity index (χ4v) is 0. The van der Waals surface area contributed by atoms with Crippen LogP contribution in [0.15, 0.2) is 0 Å². The molecule has 0 aromatic rings. The van der Waals surface area contributed by atoms with E-state index >= 15 is 0 Å². The molecule has 0 heterocycles. The summed E-state index contributed by atoms with van der Waals surface area (Å²) in [4.78, 5) is 0. The smallest absolute Gasteiger partial charge is 0.870 e. The molecule has 0 spiro atoms. The first-order valence-electron chi connectivity index (χ1n) is 0. The van der Waals surface area contributed by atoms with Crippen LogP contribution in [0, 0.1) is 40.8 Å². The minimum atomic E-state index is 0. The van der Waals surface area contributed by atoms with Crippen LogP contribution >= 0.6 is 0 Å². The summed E-state index contributed by atoms with van der Waals surface area (Å²) >= 11 is 0. The maximum Gasteiger partial charge on any atom is 3.00 e. The van der Waals surface area contributed by atoms with Crippen molar-refractivity contribution in [1.82, 2.24) is 0 Å². The van der Waals surface area contributed by atoms with Gasteiger partial charge in [-0.25, -0.2) is 0 Å². The molecule has 5 N–H and O–H groups in total. The maximum absolute atomic E-state index is 0. The Morgan fingerprint density at radius 2 is 0.600 bits per heavy atom. The van der Waals surface area contributed by atoms with Crippen LogP contribution in [-0.2, 0) is 0 Å². The average molecular weight is 213 g/mol. The third kappa shape index (κ3) is 37.3. The standard InChI is InChI=1S/Nd.4H2O/h;4*1H2/q+3;;;;/p-3. The summed E-state index contributed by atoms with van der Waals surface area (Å²) in [5.41, 5.74) is 0. The van der Waals surface area contributed by atoms with Gasteiger partial charge in [0.1, 0.15) is 0 Å². The van der Waals surface area contributed by atoms with Crippen LogP contribution in [0.3, 0.4) is 0 Å². The van der Waals surface area contributed by atoms with Crippen molar-refractivity contribution in [3.8, 4) is 0 Å². The predicted molar refractivity (Wildman–Crippen MR) is 9.42 cm³/mol. The van der Waals surface area contributed by atoms with Crippen molar-refractivity contribution in [1.29, 1.82) is 0 Å². The molecule has 0 aromatic heterocycles. The van der Waals surface area contributed by atoms with Crippen LogP contribution < -0.4 is 0 Å². The second-order valence-corrected chi connectivity index (χ2v) is 0. The van der Waals surface area contributed by atoms with Crippen molar-refractivity contribution in [3.05, 3.63) is 0 Å². The van der Waals surface area contributed by atoms with E-state index in [1.165, 1.54) is 0 Å². The van der Waals surface area contributed by atoms with Crippen LogP contribution in [0.4, 0.5) is 0 Å². The summed E-state index contributed by atoms with van der Waals surface area (Å²) < 4.78 is 0. The molecule has 0 amide bonds. The van der Waals surface area contributed by atoms with Crippen LogP contribution in [-0.4, -0.2) is 21.9 Å². The van der Waals surface area contributed by atoms with E-state index in [9.17, 15) is 0 Å². The average Bonchev–Trinajstić information content (AvgIpc) is 0. The number of hydrogen-bond donors (Lipinski definition) is 0. The molecule has 0 saturated heterocycles. The molecule has 0 saturated carbocycles. The maximum atomic E-state index is 0. The SMILES string of the molecule is O.[Nd+3].[OH-].[OH-].[OH-]. The van der Waals surface area contributed by atoms with Crippen molar-refractivity contribution in [3.63, 3.8) is 0 Å². The first-order chi connectivity index (χ1) is 0. The minimum Gasteiger partial charge on any atom is -0.870 e. The molecule has 0 aliphatic heterocycles. The van der Waals surface area contributed by atoms with Gasteiger partial charge in [-0.2, -0.15) is 0 Å². The van der Waals surface area contributed by atoms with E-state index < -0.39 is 0 Å². The molecule has 4 nitrogen and oxygen atoms in total. The summed E-state index contributed by atoms with van der Waals surface area (Å²) in [5.74, 6) is 0. The number of hydrogen-bond acceptors (Lipinski definition) is 3. The third-order valence-electron chi connectivity index (χ3n) is 0. The molecule has 0 aliphatic carbocycles. The molecular weight excluding hydrogens is 208 g/mol. The zero-order valence-corrected chi connectivity index (χ0v) is 5.55. The van der Waals surface area contributed by atoms with Gasteiger partial charge in [-0.15, -0.1) is 0 Å². The molecule has 1 radical (unpaired) electrons. The summed E-state index contributed by atoms with van der Waals surface area (Å²) in [6.07, 6.45) is 0. The first-order valence-corrected chi connectivity index (χ1v) is 0. The van der Waals surface area contributed by atoms with Gasteiger partial charge in [-0.05, 0) is 0 Å². The van der Waals surface area contributed by atoms with E-state index in [1.54, 1.807) is 0 Å². The fourth-order valence-electron chi connectivity index (χ4n) is 0. The van der Waals surface area contributed by atoms with Crippen molar-refractivity contribution < 1.29 is 62.7 Å². The van der Waals surface area contributed by atoms with Crippen molar-refractivity contribution in [2.75, 3.05) is 0 Å². The zero-order chi connectivity index (χ0) is 0.